The van der Waals surface area contributed by atoms with Crippen LogP contribution in [0.25, 0.3) is 0 Å². The molecule has 2 N–H and O–H groups in total. The number of benzene rings is 1. The van der Waals surface area contributed by atoms with Crippen molar-refractivity contribution in [3.05, 3.63) is 23.5 Å². The minimum Gasteiger partial charge on any atom is -0.478 e. The lowest BCUT2D eigenvalue weighted by Crippen LogP contribution is -2.36. The lowest BCUT2D eigenvalue weighted by molar-refractivity contribution is -0.123. The number of aliphatic hydroxyl groups excluding tert-OH is 1. The molecule has 0 aromatic heterocycles. The van der Waals surface area contributed by atoms with Gasteiger partial charge in [0.1, 0.15) is 11.6 Å². The van der Waals surface area contributed by atoms with Gasteiger partial charge in [-0.25, -0.2) is 4.39 Å². The van der Waals surface area contributed by atoms with Gasteiger partial charge in [0.15, 0.2) is 6.10 Å². The van der Waals surface area contributed by atoms with E-state index in [-0.39, 0.29) is 11.5 Å². The topological polar surface area (TPSA) is 58.6 Å². The Bertz CT molecular complexity index is 433. The average Bonchev–Trinajstić information content (AvgIpc) is 2.27. The average molecular weight is 225 g/mol. The molecule has 2 rings (SSSR count). The standard InChI is InChI=1S/C11H12FNO3/c1-2-9-11(15)13-8-4-7(12)6(5-14)3-10(8)16-9/h3-4,9,14H,2,5H2,1H3,(H,13,15). The lowest BCUT2D eigenvalue weighted by atomic mass is 10.1. The second-order valence-electron chi connectivity index (χ2n) is 3.60. The van der Waals surface area contributed by atoms with E-state index in [1.807, 2.05) is 6.92 Å². The SMILES string of the molecule is CCC1Oc2cc(CO)c(F)cc2NC1=O. The number of hydrogen-bond donors (Lipinski definition) is 2. The van der Waals surface area contributed by atoms with E-state index >= 15 is 0 Å². The smallest absolute Gasteiger partial charge is 0.265 e. The van der Waals surface area contributed by atoms with Crippen molar-refractivity contribution in [1.82, 2.24) is 0 Å². The molecule has 0 bridgehead atoms. The second kappa shape index (κ2) is 4.09. The molecular formula is C11H12FNO3. The number of amides is 1. The van der Waals surface area contributed by atoms with E-state index in [1.165, 1.54) is 6.07 Å². The van der Waals surface area contributed by atoms with Crippen molar-refractivity contribution in [2.45, 2.75) is 26.1 Å². The summed E-state index contributed by atoms with van der Waals surface area (Å²) in [4.78, 5) is 11.4. The van der Waals surface area contributed by atoms with Crippen LogP contribution >= 0.6 is 0 Å². The van der Waals surface area contributed by atoms with E-state index in [4.69, 9.17) is 9.84 Å². The molecular weight excluding hydrogens is 213 g/mol. The summed E-state index contributed by atoms with van der Waals surface area (Å²) in [5, 5.41) is 11.5. The number of anilines is 1. The van der Waals surface area contributed by atoms with Crippen LogP contribution in [0.1, 0.15) is 18.9 Å². The highest BCUT2D eigenvalue weighted by Gasteiger charge is 2.27. The largest absolute Gasteiger partial charge is 0.478 e. The first-order valence-corrected chi connectivity index (χ1v) is 5.06. The van der Waals surface area contributed by atoms with Crippen LogP contribution in [0.15, 0.2) is 12.1 Å². The molecule has 1 heterocycles. The first-order chi connectivity index (χ1) is 7.65. The Kier molecular flexibility index (Phi) is 2.78. The molecule has 1 aromatic carbocycles. The maximum atomic E-state index is 13.3. The fraction of sp³-hybridized carbons (Fsp3) is 0.364. The van der Waals surface area contributed by atoms with E-state index in [0.717, 1.165) is 6.07 Å². The molecule has 1 aliphatic rings. The van der Waals surface area contributed by atoms with E-state index in [0.29, 0.717) is 17.9 Å². The molecule has 0 saturated heterocycles. The highest BCUT2D eigenvalue weighted by Crippen LogP contribution is 2.32. The first-order valence-electron chi connectivity index (χ1n) is 5.06. The summed E-state index contributed by atoms with van der Waals surface area (Å²) in [6.07, 6.45) is -0.0126. The molecule has 0 radical (unpaired) electrons. The van der Waals surface area contributed by atoms with Gasteiger partial charge in [-0.3, -0.25) is 4.79 Å². The summed E-state index contributed by atoms with van der Waals surface area (Å²) in [5.74, 6) is -0.428. The van der Waals surface area contributed by atoms with Gasteiger partial charge in [-0.1, -0.05) is 6.92 Å². The van der Waals surface area contributed by atoms with E-state index in [1.54, 1.807) is 0 Å². The van der Waals surface area contributed by atoms with Crippen molar-refractivity contribution in [3.8, 4) is 5.75 Å². The summed E-state index contributed by atoms with van der Waals surface area (Å²) >= 11 is 0. The monoisotopic (exact) mass is 225 g/mol. The Morgan fingerprint density at radius 1 is 1.56 bits per heavy atom. The van der Waals surface area contributed by atoms with Crippen molar-refractivity contribution in [2.24, 2.45) is 0 Å². The quantitative estimate of drug-likeness (QED) is 0.800. The molecule has 1 amide bonds. The predicted octanol–water partition coefficient (Wildman–Crippen LogP) is 1.43. The molecule has 1 aromatic rings. The summed E-state index contributed by atoms with van der Waals surface area (Å²) < 4.78 is 18.7. The zero-order chi connectivity index (χ0) is 11.7. The van der Waals surface area contributed by atoms with Crippen LogP contribution in [0.3, 0.4) is 0 Å². The zero-order valence-corrected chi connectivity index (χ0v) is 8.79. The van der Waals surface area contributed by atoms with Gasteiger partial charge in [0.05, 0.1) is 12.3 Å². The summed E-state index contributed by atoms with van der Waals surface area (Å²) in [7, 11) is 0. The molecule has 0 spiro atoms. The minimum atomic E-state index is -0.555. The highest BCUT2D eigenvalue weighted by atomic mass is 19.1. The first kappa shape index (κ1) is 10.9. The van der Waals surface area contributed by atoms with Crippen LogP contribution < -0.4 is 10.1 Å². The Balaban J connectivity index is 2.40. The number of halogens is 1. The van der Waals surface area contributed by atoms with Crippen molar-refractivity contribution in [2.75, 3.05) is 5.32 Å². The van der Waals surface area contributed by atoms with Gasteiger partial charge < -0.3 is 15.2 Å². The predicted molar refractivity (Wildman–Crippen MR) is 55.7 cm³/mol. The maximum Gasteiger partial charge on any atom is 0.265 e. The van der Waals surface area contributed by atoms with Gasteiger partial charge in [0, 0.05) is 11.6 Å². The Morgan fingerprint density at radius 3 is 2.94 bits per heavy atom. The molecule has 0 fully saturated rings. The zero-order valence-electron chi connectivity index (χ0n) is 8.79. The van der Waals surface area contributed by atoms with Crippen molar-refractivity contribution >= 4 is 11.6 Å². The summed E-state index contributed by atoms with van der Waals surface area (Å²) in [6, 6.07) is 2.57. The van der Waals surface area contributed by atoms with Crippen LogP contribution in [0.2, 0.25) is 0 Å². The second-order valence-corrected chi connectivity index (χ2v) is 3.60. The third-order valence-electron chi connectivity index (χ3n) is 2.51. The van der Waals surface area contributed by atoms with Gasteiger partial charge in [0.2, 0.25) is 0 Å². The van der Waals surface area contributed by atoms with Gasteiger partial charge in [-0.05, 0) is 12.5 Å². The normalized spacial score (nSPS) is 18.7. The van der Waals surface area contributed by atoms with Crippen LogP contribution in [0.5, 0.6) is 5.75 Å². The Morgan fingerprint density at radius 2 is 2.31 bits per heavy atom. The number of aliphatic hydroxyl groups is 1. The van der Waals surface area contributed by atoms with Crippen LogP contribution in [-0.4, -0.2) is 17.1 Å². The molecule has 1 aliphatic heterocycles. The maximum absolute atomic E-state index is 13.3. The minimum absolute atomic E-state index is 0.157. The van der Waals surface area contributed by atoms with Gasteiger partial charge >= 0.3 is 0 Å². The number of carbonyl (C=O) groups excluding carboxylic acids is 1. The fourth-order valence-electron chi connectivity index (χ4n) is 1.60. The molecule has 5 heteroatoms. The van der Waals surface area contributed by atoms with Crippen LogP contribution in [0, 0.1) is 5.82 Å². The van der Waals surface area contributed by atoms with E-state index < -0.39 is 18.5 Å². The Labute approximate surface area is 92.0 Å². The molecule has 0 saturated carbocycles. The molecule has 1 atom stereocenters. The summed E-state index contributed by atoms with van der Waals surface area (Å²) in [6.45, 7) is 1.43. The number of fused-ring (bicyclic) bond motifs is 1. The molecule has 86 valence electrons. The molecule has 4 nitrogen and oxygen atoms in total. The van der Waals surface area contributed by atoms with Gasteiger partial charge in [-0.15, -0.1) is 0 Å². The third-order valence-corrected chi connectivity index (χ3v) is 2.51. The van der Waals surface area contributed by atoms with E-state index in [2.05, 4.69) is 5.32 Å². The number of nitrogens with one attached hydrogen (secondary N) is 1. The number of carbonyl (C=O) groups is 1. The van der Waals surface area contributed by atoms with Gasteiger partial charge in [-0.2, -0.15) is 0 Å². The van der Waals surface area contributed by atoms with Crippen LogP contribution in [-0.2, 0) is 11.4 Å². The molecule has 1 unspecified atom stereocenters. The lowest BCUT2D eigenvalue weighted by Gasteiger charge is -2.25. The number of rotatable bonds is 2. The molecule has 16 heavy (non-hydrogen) atoms. The van der Waals surface area contributed by atoms with Crippen LogP contribution in [0.4, 0.5) is 10.1 Å². The number of hydrogen-bond acceptors (Lipinski definition) is 3. The van der Waals surface area contributed by atoms with Gasteiger partial charge in [0.25, 0.3) is 5.91 Å². The molecule has 0 aliphatic carbocycles. The summed E-state index contributed by atoms with van der Waals surface area (Å²) in [5.41, 5.74) is 0.467. The van der Waals surface area contributed by atoms with Crippen molar-refractivity contribution in [3.63, 3.8) is 0 Å². The van der Waals surface area contributed by atoms with E-state index in [9.17, 15) is 9.18 Å². The Hall–Kier alpha value is -1.62. The fourth-order valence-corrected chi connectivity index (χ4v) is 1.60. The third kappa shape index (κ3) is 1.74. The number of ether oxygens (including phenoxy) is 1. The van der Waals surface area contributed by atoms with Crippen molar-refractivity contribution < 1.29 is 19.0 Å². The highest BCUT2D eigenvalue weighted by molar-refractivity contribution is 5.97. The van der Waals surface area contributed by atoms with Crippen molar-refractivity contribution in [1.29, 1.82) is 0 Å².